The Balaban J connectivity index is 2.21. The summed E-state index contributed by atoms with van der Waals surface area (Å²) in [5.41, 5.74) is 5.51. The minimum atomic E-state index is -0.602. The number of nitrogens with two attached hydrogens (primary N) is 1. The number of nitrogen functional groups attached to an aromatic ring is 1. The Morgan fingerprint density at radius 2 is 2.18 bits per heavy atom. The van der Waals surface area contributed by atoms with Crippen LogP contribution in [0, 0.1) is 5.41 Å². The van der Waals surface area contributed by atoms with Crippen molar-refractivity contribution in [3.63, 3.8) is 0 Å². The average Bonchev–Trinajstić information content (AvgIpc) is 2.29. The van der Waals surface area contributed by atoms with Gasteiger partial charge in [0.05, 0.1) is 17.4 Å². The number of aliphatic hydroxyl groups is 1. The highest BCUT2D eigenvalue weighted by molar-refractivity contribution is 5.99. The van der Waals surface area contributed by atoms with Gasteiger partial charge in [-0.05, 0) is 25.8 Å². The second kappa shape index (κ2) is 4.29. The maximum absolute atomic E-state index is 9.89. The van der Waals surface area contributed by atoms with Crippen LogP contribution < -0.4 is 10.6 Å². The molecule has 0 spiro atoms. The fraction of sp³-hybridized carbons (Fsp3) is 0.545. The molecule has 17 heavy (non-hydrogen) atoms. The van der Waals surface area contributed by atoms with Crippen LogP contribution in [-0.2, 0) is 0 Å². The molecule has 0 saturated carbocycles. The van der Waals surface area contributed by atoms with Crippen molar-refractivity contribution in [2.45, 2.75) is 25.4 Å². The first-order chi connectivity index (χ1) is 7.99. The lowest BCUT2D eigenvalue weighted by molar-refractivity contribution is 0.0350. The molecule has 0 atom stereocenters. The van der Waals surface area contributed by atoms with Gasteiger partial charge in [0.25, 0.3) is 0 Å². The Kier molecular flexibility index (Phi) is 2.97. The molecule has 0 bridgehead atoms. The van der Waals surface area contributed by atoms with Gasteiger partial charge in [0.1, 0.15) is 5.84 Å². The van der Waals surface area contributed by atoms with E-state index in [9.17, 15) is 5.11 Å². The summed E-state index contributed by atoms with van der Waals surface area (Å²) in [6, 6.07) is 1.69. The van der Waals surface area contributed by atoms with Gasteiger partial charge in [-0.1, -0.05) is 0 Å². The summed E-state index contributed by atoms with van der Waals surface area (Å²) in [6.45, 7) is 3.24. The number of hydrogen-bond acceptors (Lipinski definition) is 5. The summed E-state index contributed by atoms with van der Waals surface area (Å²) in [5.74, 6) is 0.628. The zero-order chi connectivity index (χ0) is 12.5. The van der Waals surface area contributed by atoms with E-state index in [1.165, 1.54) is 6.20 Å². The largest absolute Gasteiger partial charge is 0.390 e. The van der Waals surface area contributed by atoms with E-state index in [1.54, 1.807) is 6.07 Å². The van der Waals surface area contributed by atoms with Gasteiger partial charge >= 0.3 is 0 Å². The Hall–Kier alpha value is -1.69. The highest BCUT2D eigenvalue weighted by Gasteiger charge is 2.29. The Morgan fingerprint density at radius 3 is 2.76 bits per heavy atom. The van der Waals surface area contributed by atoms with Crippen LogP contribution in [0.3, 0.4) is 0 Å². The molecule has 0 radical (unpaired) electrons. The summed E-state index contributed by atoms with van der Waals surface area (Å²) in [4.78, 5) is 2.02. The molecular weight excluding hydrogens is 218 g/mol. The van der Waals surface area contributed by atoms with Crippen molar-refractivity contribution in [2.24, 2.45) is 5.73 Å². The van der Waals surface area contributed by atoms with Crippen LogP contribution in [0.25, 0.3) is 0 Å². The number of nitrogens with zero attached hydrogens (tertiary/aromatic N) is 3. The summed E-state index contributed by atoms with van der Waals surface area (Å²) in [6.07, 6.45) is 2.89. The van der Waals surface area contributed by atoms with E-state index in [0.717, 1.165) is 0 Å². The van der Waals surface area contributed by atoms with E-state index in [1.807, 2.05) is 11.8 Å². The number of piperidine rings is 1. The third kappa shape index (κ3) is 2.52. The molecule has 1 aromatic rings. The van der Waals surface area contributed by atoms with Gasteiger partial charge in [0.2, 0.25) is 0 Å². The van der Waals surface area contributed by atoms with E-state index in [2.05, 4.69) is 10.2 Å². The van der Waals surface area contributed by atoms with Crippen LogP contribution in [0.5, 0.6) is 0 Å². The zero-order valence-electron chi connectivity index (χ0n) is 9.85. The van der Waals surface area contributed by atoms with Crippen molar-refractivity contribution in [1.29, 1.82) is 5.41 Å². The highest BCUT2D eigenvalue weighted by atomic mass is 16.3. The Bertz CT molecular complexity index is 422. The topological polar surface area (TPSA) is 99.1 Å². The van der Waals surface area contributed by atoms with E-state index in [-0.39, 0.29) is 5.84 Å². The van der Waals surface area contributed by atoms with Crippen LogP contribution in [0.1, 0.15) is 25.3 Å². The van der Waals surface area contributed by atoms with E-state index in [4.69, 9.17) is 11.1 Å². The smallest absolute Gasteiger partial charge is 0.162 e. The molecule has 1 fully saturated rings. The van der Waals surface area contributed by atoms with Gasteiger partial charge in [-0.3, -0.25) is 5.41 Å². The van der Waals surface area contributed by atoms with Gasteiger partial charge < -0.3 is 15.7 Å². The number of anilines is 1. The molecule has 1 aliphatic rings. The predicted molar refractivity (Wildman–Crippen MR) is 65.1 cm³/mol. The quantitative estimate of drug-likeness (QED) is 0.499. The minimum Gasteiger partial charge on any atom is -0.390 e. The second-order valence-corrected chi connectivity index (χ2v) is 4.67. The molecular formula is C11H17N5O. The maximum atomic E-state index is 9.89. The molecule has 6 heteroatoms. The van der Waals surface area contributed by atoms with Gasteiger partial charge in [0, 0.05) is 13.1 Å². The predicted octanol–water partition coefficient (Wildman–Crippen LogP) is 0.112. The van der Waals surface area contributed by atoms with Crippen molar-refractivity contribution in [3.05, 3.63) is 17.8 Å². The molecule has 2 heterocycles. The van der Waals surface area contributed by atoms with Crippen LogP contribution in [0.4, 0.5) is 5.82 Å². The van der Waals surface area contributed by atoms with Gasteiger partial charge in [-0.25, -0.2) is 0 Å². The normalized spacial score (nSPS) is 19.1. The van der Waals surface area contributed by atoms with E-state index < -0.39 is 5.60 Å². The molecule has 2 rings (SSSR count). The Morgan fingerprint density at radius 1 is 1.53 bits per heavy atom. The molecule has 92 valence electrons. The summed E-state index contributed by atoms with van der Waals surface area (Å²) < 4.78 is 0. The van der Waals surface area contributed by atoms with Crippen LogP contribution in [0.15, 0.2) is 12.3 Å². The number of rotatable bonds is 2. The molecule has 0 unspecified atom stereocenters. The summed E-state index contributed by atoms with van der Waals surface area (Å²) in [5, 5.41) is 25.3. The summed E-state index contributed by atoms with van der Waals surface area (Å²) in [7, 11) is 0. The fourth-order valence-corrected chi connectivity index (χ4v) is 1.97. The molecule has 4 N–H and O–H groups in total. The van der Waals surface area contributed by atoms with Crippen LogP contribution in [0.2, 0.25) is 0 Å². The van der Waals surface area contributed by atoms with Crippen molar-refractivity contribution >= 4 is 11.7 Å². The zero-order valence-corrected chi connectivity index (χ0v) is 9.85. The lowest BCUT2D eigenvalue weighted by Gasteiger charge is -2.36. The molecule has 1 aromatic heterocycles. The van der Waals surface area contributed by atoms with Crippen molar-refractivity contribution in [2.75, 3.05) is 18.0 Å². The molecule has 0 aromatic carbocycles. The lowest BCUT2D eigenvalue weighted by Crippen LogP contribution is -2.43. The first-order valence-electron chi connectivity index (χ1n) is 5.63. The van der Waals surface area contributed by atoms with Gasteiger partial charge in [-0.15, -0.1) is 5.10 Å². The highest BCUT2D eigenvalue weighted by Crippen LogP contribution is 2.25. The SMILES string of the molecule is CC1(O)CCN(c2nnccc2C(=N)N)CC1. The first kappa shape index (κ1) is 11.8. The summed E-state index contributed by atoms with van der Waals surface area (Å²) >= 11 is 0. The average molecular weight is 235 g/mol. The molecule has 0 aliphatic carbocycles. The second-order valence-electron chi connectivity index (χ2n) is 4.67. The number of amidine groups is 1. The maximum Gasteiger partial charge on any atom is 0.162 e. The standard InChI is InChI=1S/C11H17N5O/c1-11(17)3-6-16(7-4-11)10-8(9(12)13)2-5-14-15-10/h2,5,17H,3-4,6-7H2,1H3,(H3,12,13). The van der Waals surface area contributed by atoms with E-state index in [0.29, 0.717) is 37.3 Å². The molecule has 1 saturated heterocycles. The van der Waals surface area contributed by atoms with Crippen molar-refractivity contribution < 1.29 is 5.11 Å². The first-order valence-corrected chi connectivity index (χ1v) is 5.63. The van der Waals surface area contributed by atoms with Gasteiger partial charge in [0.15, 0.2) is 5.82 Å². The molecule has 6 nitrogen and oxygen atoms in total. The molecule has 1 aliphatic heterocycles. The van der Waals surface area contributed by atoms with Crippen LogP contribution in [-0.4, -0.2) is 39.8 Å². The third-order valence-electron chi connectivity index (χ3n) is 3.13. The number of hydrogen-bond donors (Lipinski definition) is 3. The fourth-order valence-electron chi connectivity index (χ4n) is 1.97. The van der Waals surface area contributed by atoms with Crippen LogP contribution >= 0.6 is 0 Å². The monoisotopic (exact) mass is 235 g/mol. The van der Waals surface area contributed by atoms with Crippen molar-refractivity contribution in [3.8, 4) is 0 Å². The number of nitrogens with one attached hydrogen (secondary N) is 1. The molecule has 0 amide bonds. The Labute approximate surface area is 100.0 Å². The van der Waals surface area contributed by atoms with E-state index >= 15 is 0 Å². The third-order valence-corrected chi connectivity index (χ3v) is 3.13. The minimum absolute atomic E-state index is 0.00719. The van der Waals surface area contributed by atoms with Gasteiger partial charge in [-0.2, -0.15) is 5.10 Å². The lowest BCUT2D eigenvalue weighted by atomic mass is 9.93. The van der Waals surface area contributed by atoms with Crippen molar-refractivity contribution in [1.82, 2.24) is 10.2 Å². The number of aromatic nitrogens is 2.